The highest BCUT2D eigenvalue weighted by atomic mass is 32.2. The largest absolute Gasteiger partial charge is 0.489 e. The first-order valence-electron chi connectivity index (χ1n) is 9.60. The second kappa shape index (κ2) is 8.89. The standard InChI is InChI=1S/C23H19F2N3O3S/c24-23(25)21-14-22(28(27-21)18-8-12-20(13-9-18)32(26,29)30)17-6-10-19(11-7-17)31-15-16-4-2-1-3-5-16/h1-14,23H,15H2,(H2,26,29,30). The molecule has 0 bridgehead atoms. The van der Waals surface area contributed by atoms with Crippen molar-refractivity contribution in [3.05, 3.63) is 96.2 Å². The fourth-order valence-electron chi connectivity index (χ4n) is 3.15. The molecule has 164 valence electrons. The Morgan fingerprint density at radius 3 is 2.19 bits per heavy atom. The second-order valence-electron chi connectivity index (χ2n) is 7.00. The third-order valence-electron chi connectivity index (χ3n) is 4.76. The number of aromatic nitrogens is 2. The van der Waals surface area contributed by atoms with Gasteiger partial charge in [0.25, 0.3) is 6.43 Å². The Labute approximate surface area is 183 Å². The molecule has 0 spiro atoms. The number of nitrogens with zero attached hydrogens (tertiary/aromatic N) is 2. The first-order chi connectivity index (χ1) is 15.3. The van der Waals surface area contributed by atoms with E-state index in [2.05, 4.69) is 5.10 Å². The van der Waals surface area contributed by atoms with Crippen molar-refractivity contribution in [3.63, 3.8) is 0 Å². The van der Waals surface area contributed by atoms with Gasteiger partial charge >= 0.3 is 0 Å². The van der Waals surface area contributed by atoms with Crippen LogP contribution in [0.3, 0.4) is 0 Å². The van der Waals surface area contributed by atoms with E-state index in [4.69, 9.17) is 9.88 Å². The molecule has 0 aliphatic rings. The van der Waals surface area contributed by atoms with Crippen molar-refractivity contribution in [2.24, 2.45) is 5.14 Å². The number of ether oxygens (including phenoxy) is 1. The number of alkyl halides is 2. The lowest BCUT2D eigenvalue weighted by Gasteiger charge is -2.10. The number of hydrogen-bond acceptors (Lipinski definition) is 4. The molecule has 6 nitrogen and oxygen atoms in total. The third-order valence-corrected chi connectivity index (χ3v) is 5.69. The van der Waals surface area contributed by atoms with Crippen LogP contribution in [0.15, 0.2) is 89.8 Å². The van der Waals surface area contributed by atoms with E-state index >= 15 is 0 Å². The van der Waals surface area contributed by atoms with Crippen molar-refractivity contribution < 1.29 is 21.9 Å². The van der Waals surface area contributed by atoms with E-state index in [1.807, 2.05) is 30.3 Å². The molecule has 0 aliphatic carbocycles. The number of benzene rings is 3. The summed E-state index contributed by atoms with van der Waals surface area (Å²) in [4.78, 5) is -0.0797. The fraction of sp³-hybridized carbons (Fsp3) is 0.0870. The molecule has 1 heterocycles. The van der Waals surface area contributed by atoms with E-state index in [1.54, 1.807) is 24.3 Å². The average Bonchev–Trinajstić information content (AvgIpc) is 3.24. The number of hydrogen-bond donors (Lipinski definition) is 1. The smallest absolute Gasteiger partial charge is 0.282 e. The van der Waals surface area contributed by atoms with Crippen LogP contribution in [-0.4, -0.2) is 18.2 Å². The van der Waals surface area contributed by atoms with E-state index in [1.165, 1.54) is 35.0 Å². The first kappa shape index (κ1) is 21.7. The molecule has 0 amide bonds. The van der Waals surface area contributed by atoms with E-state index in [-0.39, 0.29) is 10.6 Å². The zero-order valence-electron chi connectivity index (χ0n) is 16.7. The molecular weight excluding hydrogens is 436 g/mol. The van der Waals surface area contributed by atoms with Crippen molar-refractivity contribution in [1.82, 2.24) is 9.78 Å². The molecule has 0 fully saturated rings. The normalized spacial score (nSPS) is 11.6. The Balaban J connectivity index is 1.63. The molecule has 0 saturated heterocycles. The van der Waals surface area contributed by atoms with Gasteiger partial charge in [-0.3, -0.25) is 0 Å². The van der Waals surface area contributed by atoms with Gasteiger partial charge in [-0.1, -0.05) is 30.3 Å². The summed E-state index contributed by atoms with van der Waals surface area (Å²) < 4.78 is 56.8. The van der Waals surface area contributed by atoms with Gasteiger partial charge in [-0.25, -0.2) is 27.0 Å². The van der Waals surface area contributed by atoms with E-state index in [0.29, 0.717) is 29.3 Å². The lowest BCUT2D eigenvalue weighted by molar-refractivity contribution is 0.145. The maximum absolute atomic E-state index is 13.3. The highest BCUT2D eigenvalue weighted by molar-refractivity contribution is 7.89. The maximum atomic E-state index is 13.3. The summed E-state index contributed by atoms with van der Waals surface area (Å²) in [6.07, 6.45) is -2.76. The Morgan fingerprint density at radius 2 is 1.59 bits per heavy atom. The van der Waals surface area contributed by atoms with E-state index < -0.39 is 16.4 Å². The molecule has 0 unspecified atom stereocenters. The second-order valence-corrected chi connectivity index (χ2v) is 8.57. The summed E-state index contributed by atoms with van der Waals surface area (Å²) >= 11 is 0. The lowest BCUT2D eigenvalue weighted by Crippen LogP contribution is -2.12. The molecule has 0 radical (unpaired) electrons. The zero-order chi connectivity index (χ0) is 22.7. The molecule has 1 aromatic heterocycles. The van der Waals surface area contributed by atoms with Gasteiger partial charge in [-0.2, -0.15) is 5.10 Å². The summed E-state index contributed by atoms with van der Waals surface area (Å²) in [6.45, 7) is 0.407. The minimum absolute atomic E-state index is 0.0797. The van der Waals surface area contributed by atoms with E-state index in [9.17, 15) is 17.2 Å². The van der Waals surface area contributed by atoms with Gasteiger partial charge in [0, 0.05) is 5.56 Å². The number of nitrogens with two attached hydrogens (primary N) is 1. The lowest BCUT2D eigenvalue weighted by atomic mass is 10.1. The van der Waals surface area contributed by atoms with Crippen LogP contribution in [0, 0.1) is 0 Å². The Kier molecular flexibility index (Phi) is 6.02. The summed E-state index contributed by atoms with van der Waals surface area (Å²) in [5.41, 5.74) is 2.13. The minimum atomic E-state index is -3.87. The summed E-state index contributed by atoms with van der Waals surface area (Å²) in [6, 6.07) is 23.5. The third kappa shape index (κ3) is 4.84. The van der Waals surface area contributed by atoms with Gasteiger partial charge in [-0.05, 0) is 60.2 Å². The summed E-state index contributed by atoms with van der Waals surface area (Å²) in [7, 11) is -3.87. The van der Waals surface area contributed by atoms with Gasteiger partial charge in [0.15, 0.2) is 0 Å². The van der Waals surface area contributed by atoms with Gasteiger partial charge in [-0.15, -0.1) is 0 Å². The highest BCUT2D eigenvalue weighted by Crippen LogP contribution is 2.30. The molecule has 3 aromatic carbocycles. The van der Waals surface area contributed by atoms with Crippen LogP contribution in [0.25, 0.3) is 16.9 Å². The number of primary sulfonamides is 1. The van der Waals surface area contributed by atoms with Crippen molar-refractivity contribution in [3.8, 4) is 22.7 Å². The van der Waals surface area contributed by atoms with Crippen molar-refractivity contribution in [2.75, 3.05) is 0 Å². The van der Waals surface area contributed by atoms with Crippen LogP contribution >= 0.6 is 0 Å². The molecule has 32 heavy (non-hydrogen) atoms. The Bertz CT molecular complexity index is 1310. The summed E-state index contributed by atoms with van der Waals surface area (Å²) in [5, 5.41) is 9.13. The average molecular weight is 455 g/mol. The SMILES string of the molecule is NS(=O)(=O)c1ccc(-n2nc(C(F)F)cc2-c2ccc(OCc3ccccc3)cc2)cc1. The quantitative estimate of drug-likeness (QED) is 0.438. The highest BCUT2D eigenvalue weighted by Gasteiger charge is 2.18. The Hall–Kier alpha value is -3.56. The van der Waals surface area contributed by atoms with Crippen LogP contribution < -0.4 is 9.88 Å². The van der Waals surface area contributed by atoms with Crippen LogP contribution in [-0.2, 0) is 16.6 Å². The van der Waals surface area contributed by atoms with Gasteiger partial charge in [0.05, 0.1) is 16.3 Å². The van der Waals surface area contributed by atoms with Gasteiger partial charge in [0.1, 0.15) is 18.1 Å². The number of sulfonamides is 1. The predicted molar refractivity (Wildman–Crippen MR) is 116 cm³/mol. The topological polar surface area (TPSA) is 87.2 Å². The van der Waals surface area contributed by atoms with Gasteiger partial charge < -0.3 is 4.74 Å². The monoisotopic (exact) mass is 455 g/mol. The molecule has 0 atom stereocenters. The Morgan fingerprint density at radius 1 is 0.938 bits per heavy atom. The van der Waals surface area contributed by atoms with Crippen LogP contribution in [0.5, 0.6) is 5.75 Å². The van der Waals surface area contributed by atoms with Gasteiger partial charge in [0.2, 0.25) is 10.0 Å². The molecule has 0 aliphatic heterocycles. The molecule has 4 rings (SSSR count). The summed E-state index contributed by atoms with van der Waals surface area (Å²) in [5.74, 6) is 0.634. The zero-order valence-corrected chi connectivity index (χ0v) is 17.5. The molecule has 0 saturated carbocycles. The molecule has 4 aromatic rings. The minimum Gasteiger partial charge on any atom is -0.489 e. The maximum Gasteiger partial charge on any atom is 0.282 e. The number of halogens is 2. The van der Waals surface area contributed by atoms with E-state index in [0.717, 1.165) is 5.56 Å². The van der Waals surface area contributed by atoms with Crippen LogP contribution in [0.2, 0.25) is 0 Å². The predicted octanol–water partition coefficient (Wildman–Crippen LogP) is 4.70. The van der Waals surface area contributed by atoms with Crippen molar-refractivity contribution >= 4 is 10.0 Å². The van der Waals surface area contributed by atoms with Crippen LogP contribution in [0.4, 0.5) is 8.78 Å². The van der Waals surface area contributed by atoms with Crippen LogP contribution in [0.1, 0.15) is 17.7 Å². The fourth-order valence-corrected chi connectivity index (χ4v) is 3.66. The molecule has 2 N–H and O–H groups in total. The molecule has 9 heteroatoms. The number of rotatable bonds is 7. The van der Waals surface area contributed by atoms with Crippen molar-refractivity contribution in [2.45, 2.75) is 17.9 Å². The first-order valence-corrected chi connectivity index (χ1v) is 11.1. The molecular formula is C23H19F2N3O3S. The van der Waals surface area contributed by atoms with Crippen molar-refractivity contribution in [1.29, 1.82) is 0 Å².